The third-order valence-electron chi connectivity index (χ3n) is 4.23. The quantitative estimate of drug-likeness (QED) is 0.792. The fourth-order valence-electron chi connectivity index (χ4n) is 2.09. The molecule has 0 aliphatic carbocycles. The first-order chi connectivity index (χ1) is 11.3. The first kappa shape index (κ1) is 17.7. The minimum Gasteiger partial charge on any atom is -0.478 e. The van der Waals surface area contributed by atoms with Crippen LogP contribution < -0.4 is 0 Å². The number of hydrogen-bond donors (Lipinski definition) is 1. The van der Waals surface area contributed by atoms with E-state index in [0.717, 1.165) is 23.1 Å². The highest BCUT2D eigenvalue weighted by Gasteiger charge is 2.26. The van der Waals surface area contributed by atoms with Crippen LogP contribution in [-0.2, 0) is 16.1 Å². The van der Waals surface area contributed by atoms with Gasteiger partial charge in [0.1, 0.15) is 6.61 Å². The maximum atomic E-state index is 12.0. The Morgan fingerprint density at radius 2 is 1.46 bits per heavy atom. The van der Waals surface area contributed by atoms with E-state index in [9.17, 15) is 9.59 Å². The molecule has 0 unspecified atom stereocenters. The molecule has 0 saturated heterocycles. The highest BCUT2D eigenvalue weighted by atomic mass is 16.5. The number of carbonyl (C=O) groups is 2. The SMILES string of the molecule is CCC(C)(C)C(=O)OCc1ccc(-c2ccc(C(=O)O)cc2)cc1. The molecule has 126 valence electrons. The molecule has 2 aromatic rings. The molecule has 0 aliphatic heterocycles. The van der Waals surface area contributed by atoms with Crippen LogP contribution in [0, 0.1) is 5.41 Å². The summed E-state index contributed by atoms with van der Waals surface area (Å²) in [5, 5.41) is 8.92. The van der Waals surface area contributed by atoms with Crippen molar-refractivity contribution in [3.63, 3.8) is 0 Å². The van der Waals surface area contributed by atoms with Crippen molar-refractivity contribution in [1.29, 1.82) is 0 Å². The third-order valence-corrected chi connectivity index (χ3v) is 4.23. The highest BCUT2D eigenvalue weighted by molar-refractivity contribution is 5.88. The molecule has 4 heteroatoms. The first-order valence-corrected chi connectivity index (χ1v) is 7.93. The van der Waals surface area contributed by atoms with Crippen molar-refractivity contribution in [3.05, 3.63) is 59.7 Å². The number of hydrogen-bond acceptors (Lipinski definition) is 3. The fourth-order valence-corrected chi connectivity index (χ4v) is 2.09. The molecule has 0 amide bonds. The lowest BCUT2D eigenvalue weighted by molar-refractivity contribution is -0.155. The van der Waals surface area contributed by atoms with Gasteiger partial charge in [0.15, 0.2) is 0 Å². The molecule has 0 radical (unpaired) electrons. The predicted molar refractivity (Wildman–Crippen MR) is 92.7 cm³/mol. The average Bonchev–Trinajstić information content (AvgIpc) is 2.60. The summed E-state index contributed by atoms with van der Waals surface area (Å²) in [6.07, 6.45) is 0.733. The number of esters is 1. The van der Waals surface area contributed by atoms with E-state index in [2.05, 4.69) is 0 Å². The molecule has 0 heterocycles. The molecule has 0 aliphatic rings. The molecule has 0 aromatic heterocycles. The Kier molecular flexibility index (Phi) is 5.39. The molecule has 2 rings (SSSR count). The maximum Gasteiger partial charge on any atom is 0.335 e. The van der Waals surface area contributed by atoms with Gasteiger partial charge in [-0.05, 0) is 49.1 Å². The zero-order valence-corrected chi connectivity index (χ0v) is 14.2. The van der Waals surface area contributed by atoms with Crippen LogP contribution in [0.25, 0.3) is 11.1 Å². The number of rotatable bonds is 6. The molecule has 0 spiro atoms. The van der Waals surface area contributed by atoms with E-state index in [0.29, 0.717) is 0 Å². The lowest BCUT2D eigenvalue weighted by atomic mass is 9.91. The van der Waals surface area contributed by atoms with E-state index in [1.165, 1.54) is 0 Å². The average molecular weight is 326 g/mol. The van der Waals surface area contributed by atoms with Crippen LogP contribution >= 0.6 is 0 Å². The van der Waals surface area contributed by atoms with Crippen molar-refractivity contribution in [2.75, 3.05) is 0 Å². The van der Waals surface area contributed by atoms with Gasteiger partial charge in [0.2, 0.25) is 0 Å². The summed E-state index contributed by atoms with van der Waals surface area (Å²) in [6, 6.07) is 14.4. The van der Waals surface area contributed by atoms with E-state index < -0.39 is 11.4 Å². The topological polar surface area (TPSA) is 63.6 Å². The Labute approximate surface area is 142 Å². The van der Waals surface area contributed by atoms with Crippen molar-refractivity contribution in [3.8, 4) is 11.1 Å². The van der Waals surface area contributed by atoms with Crippen molar-refractivity contribution in [2.45, 2.75) is 33.8 Å². The van der Waals surface area contributed by atoms with Gasteiger partial charge in [-0.1, -0.05) is 43.3 Å². The Morgan fingerprint density at radius 3 is 1.92 bits per heavy atom. The maximum absolute atomic E-state index is 12.0. The normalized spacial score (nSPS) is 11.1. The number of aromatic carboxylic acids is 1. The molecule has 0 fully saturated rings. The van der Waals surface area contributed by atoms with Gasteiger partial charge in [-0.3, -0.25) is 4.79 Å². The van der Waals surface area contributed by atoms with Gasteiger partial charge in [0, 0.05) is 0 Å². The Hall–Kier alpha value is -2.62. The summed E-state index contributed by atoms with van der Waals surface area (Å²) in [5.41, 5.74) is 2.64. The summed E-state index contributed by atoms with van der Waals surface area (Å²) in [6.45, 7) is 5.96. The Morgan fingerprint density at radius 1 is 0.958 bits per heavy atom. The van der Waals surface area contributed by atoms with E-state index in [-0.39, 0.29) is 18.1 Å². The highest BCUT2D eigenvalue weighted by Crippen LogP contribution is 2.23. The molecule has 0 saturated carbocycles. The fraction of sp³-hybridized carbons (Fsp3) is 0.300. The second kappa shape index (κ2) is 7.30. The Balaban J connectivity index is 2.03. The van der Waals surface area contributed by atoms with Gasteiger partial charge >= 0.3 is 11.9 Å². The van der Waals surface area contributed by atoms with Crippen molar-refractivity contribution < 1.29 is 19.4 Å². The molecule has 0 atom stereocenters. The molecule has 2 aromatic carbocycles. The van der Waals surface area contributed by atoms with Gasteiger partial charge < -0.3 is 9.84 Å². The van der Waals surface area contributed by atoms with Crippen LogP contribution in [0.4, 0.5) is 0 Å². The summed E-state index contributed by atoms with van der Waals surface area (Å²) >= 11 is 0. The summed E-state index contributed by atoms with van der Waals surface area (Å²) in [7, 11) is 0. The van der Waals surface area contributed by atoms with Gasteiger partial charge in [0.25, 0.3) is 0 Å². The van der Waals surface area contributed by atoms with Crippen LogP contribution in [0.15, 0.2) is 48.5 Å². The van der Waals surface area contributed by atoms with Crippen molar-refractivity contribution in [1.82, 2.24) is 0 Å². The minimum absolute atomic E-state index is 0.196. The molecule has 1 N–H and O–H groups in total. The smallest absolute Gasteiger partial charge is 0.335 e. The van der Waals surface area contributed by atoms with Gasteiger partial charge in [-0.2, -0.15) is 0 Å². The summed E-state index contributed by atoms with van der Waals surface area (Å²) in [4.78, 5) is 22.8. The number of carboxylic acids is 1. The van der Waals surface area contributed by atoms with Crippen LogP contribution in [0.2, 0.25) is 0 Å². The predicted octanol–water partition coefficient (Wildman–Crippen LogP) is 4.53. The third kappa shape index (κ3) is 4.22. The van der Waals surface area contributed by atoms with Crippen LogP contribution in [0.1, 0.15) is 43.1 Å². The Bertz CT molecular complexity index is 712. The lowest BCUT2D eigenvalue weighted by Gasteiger charge is -2.20. The molecule has 4 nitrogen and oxygen atoms in total. The van der Waals surface area contributed by atoms with Crippen LogP contribution in [-0.4, -0.2) is 17.0 Å². The van der Waals surface area contributed by atoms with Crippen molar-refractivity contribution >= 4 is 11.9 Å². The van der Waals surface area contributed by atoms with Crippen LogP contribution in [0.5, 0.6) is 0 Å². The number of carbonyl (C=O) groups excluding carboxylic acids is 1. The molecule has 24 heavy (non-hydrogen) atoms. The monoisotopic (exact) mass is 326 g/mol. The van der Waals surface area contributed by atoms with Crippen molar-refractivity contribution in [2.24, 2.45) is 5.41 Å². The van der Waals surface area contributed by atoms with E-state index in [1.54, 1.807) is 24.3 Å². The first-order valence-electron chi connectivity index (χ1n) is 7.93. The number of ether oxygens (including phenoxy) is 1. The van der Waals surface area contributed by atoms with Gasteiger partial charge in [0.05, 0.1) is 11.0 Å². The summed E-state index contributed by atoms with van der Waals surface area (Å²) in [5.74, 6) is -1.13. The zero-order valence-electron chi connectivity index (χ0n) is 14.2. The van der Waals surface area contributed by atoms with E-state index in [4.69, 9.17) is 9.84 Å². The number of carboxylic acid groups (broad SMARTS) is 1. The summed E-state index contributed by atoms with van der Waals surface area (Å²) < 4.78 is 5.37. The van der Waals surface area contributed by atoms with E-state index >= 15 is 0 Å². The molecule has 0 bridgehead atoms. The van der Waals surface area contributed by atoms with Crippen LogP contribution in [0.3, 0.4) is 0 Å². The largest absolute Gasteiger partial charge is 0.478 e. The van der Waals surface area contributed by atoms with Gasteiger partial charge in [-0.25, -0.2) is 4.79 Å². The molecular formula is C20H22O4. The second-order valence-corrected chi connectivity index (χ2v) is 6.39. The van der Waals surface area contributed by atoms with E-state index in [1.807, 2.05) is 45.0 Å². The number of benzene rings is 2. The standard InChI is InChI=1S/C20H22O4/c1-4-20(2,3)19(23)24-13-14-5-7-15(8-6-14)16-9-11-17(12-10-16)18(21)22/h5-12H,4,13H2,1-3H3,(H,21,22). The molecular weight excluding hydrogens is 304 g/mol. The van der Waals surface area contributed by atoms with Gasteiger partial charge in [-0.15, -0.1) is 0 Å². The zero-order chi connectivity index (χ0) is 17.7. The second-order valence-electron chi connectivity index (χ2n) is 6.39. The lowest BCUT2D eigenvalue weighted by Crippen LogP contribution is -2.25. The minimum atomic E-state index is -0.936.